The predicted molar refractivity (Wildman–Crippen MR) is 140 cm³/mol. The Hall–Kier alpha value is -1.88. The Kier molecular flexibility index (Phi) is 9.37. The zero-order chi connectivity index (χ0) is 24.0. The number of carbonyl (C=O) groups is 2. The van der Waals surface area contributed by atoms with E-state index in [2.05, 4.69) is 36.6 Å². The number of rotatable bonds is 9. The third kappa shape index (κ3) is 6.81. The standard InChI is InChI=1S/C23H21Br2NO5S2/c1-29-18-11-15(10-17(25)21(18)31-13-14-5-7-16(24)8-6-14)12-19-22(28)26(23(32)33-19)9-3-4-20(27)30-2/h5-8,10-12H,3-4,9,13H2,1-2H3/b19-12+. The second-order valence-electron chi connectivity index (χ2n) is 6.96. The molecule has 33 heavy (non-hydrogen) atoms. The molecule has 0 unspecified atom stereocenters. The van der Waals surface area contributed by atoms with Gasteiger partial charge < -0.3 is 14.2 Å². The quantitative estimate of drug-likeness (QED) is 0.196. The Labute approximate surface area is 218 Å². The van der Waals surface area contributed by atoms with E-state index in [0.29, 0.717) is 44.8 Å². The highest BCUT2D eigenvalue weighted by Crippen LogP contribution is 2.39. The number of ether oxygens (including phenoxy) is 3. The van der Waals surface area contributed by atoms with Crippen LogP contribution in [-0.4, -0.2) is 41.9 Å². The molecule has 0 N–H and O–H groups in total. The molecule has 174 valence electrons. The lowest BCUT2D eigenvalue weighted by atomic mass is 10.1. The molecular weight excluding hydrogens is 594 g/mol. The van der Waals surface area contributed by atoms with Gasteiger partial charge in [0, 0.05) is 17.4 Å². The summed E-state index contributed by atoms with van der Waals surface area (Å²) in [5.74, 6) is 0.630. The Balaban J connectivity index is 1.73. The summed E-state index contributed by atoms with van der Waals surface area (Å²) in [7, 11) is 2.91. The molecule has 1 aliphatic rings. The van der Waals surface area contributed by atoms with Crippen LogP contribution in [0.15, 0.2) is 50.2 Å². The number of thioether (sulfide) groups is 1. The number of thiocarbonyl (C=S) groups is 1. The van der Waals surface area contributed by atoms with Gasteiger partial charge in [-0.3, -0.25) is 14.5 Å². The minimum absolute atomic E-state index is 0.180. The van der Waals surface area contributed by atoms with E-state index in [4.69, 9.17) is 21.7 Å². The predicted octanol–water partition coefficient (Wildman–Crippen LogP) is 5.95. The lowest BCUT2D eigenvalue weighted by molar-refractivity contribution is -0.141. The summed E-state index contributed by atoms with van der Waals surface area (Å²) in [5.41, 5.74) is 1.79. The van der Waals surface area contributed by atoms with Gasteiger partial charge in [-0.25, -0.2) is 0 Å². The van der Waals surface area contributed by atoms with Gasteiger partial charge in [0.25, 0.3) is 5.91 Å². The molecule has 1 saturated heterocycles. The van der Waals surface area contributed by atoms with Crippen molar-refractivity contribution in [1.29, 1.82) is 0 Å². The van der Waals surface area contributed by atoms with Crippen LogP contribution in [0.25, 0.3) is 6.08 Å². The third-order valence-corrected chi connectivity index (χ3v) is 7.21. The Morgan fingerprint density at radius 1 is 1.18 bits per heavy atom. The van der Waals surface area contributed by atoms with Gasteiger partial charge in [-0.15, -0.1) is 0 Å². The van der Waals surface area contributed by atoms with Gasteiger partial charge in [0.1, 0.15) is 10.9 Å². The van der Waals surface area contributed by atoms with Crippen LogP contribution in [0.4, 0.5) is 0 Å². The number of carbonyl (C=O) groups excluding carboxylic acids is 2. The van der Waals surface area contributed by atoms with Crippen molar-refractivity contribution in [2.24, 2.45) is 0 Å². The highest BCUT2D eigenvalue weighted by Gasteiger charge is 2.31. The highest BCUT2D eigenvalue weighted by atomic mass is 79.9. The maximum absolute atomic E-state index is 12.8. The molecule has 1 aliphatic heterocycles. The van der Waals surface area contributed by atoms with E-state index in [1.54, 1.807) is 13.2 Å². The smallest absolute Gasteiger partial charge is 0.305 e. The fraction of sp³-hybridized carbons (Fsp3) is 0.261. The SMILES string of the molecule is COC(=O)CCCN1C(=O)/C(=C\c2cc(Br)c(OCc3ccc(Br)cc3)c(OC)c2)SC1=S. The summed E-state index contributed by atoms with van der Waals surface area (Å²) in [6.07, 6.45) is 2.49. The molecule has 1 fully saturated rings. The van der Waals surface area contributed by atoms with E-state index < -0.39 is 0 Å². The van der Waals surface area contributed by atoms with Crippen molar-refractivity contribution >= 4 is 78.1 Å². The summed E-state index contributed by atoms with van der Waals surface area (Å²) in [4.78, 5) is 26.1. The number of benzene rings is 2. The average Bonchev–Trinajstić information content (AvgIpc) is 3.06. The van der Waals surface area contributed by atoms with Crippen LogP contribution in [0.5, 0.6) is 11.5 Å². The van der Waals surface area contributed by atoms with Crippen LogP contribution < -0.4 is 9.47 Å². The molecule has 3 rings (SSSR count). The van der Waals surface area contributed by atoms with Gasteiger partial charge in [-0.05, 0) is 63.8 Å². The van der Waals surface area contributed by atoms with Crippen molar-refractivity contribution in [2.45, 2.75) is 19.4 Å². The Bertz CT molecular complexity index is 1090. The van der Waals surface area contributed by atoms with Crippen molar-refractivity contribution in [3.8, 4) is 11.5 Å². The monoisotopic (exact) mass is 613 g/mol. The Morgan fingerprint density at radius 3 is 2.58 bits per heavy atom. The van der Waals surface area contributed by atoms with Crippen molar-refractivity contribution in [3.63, 3.8) is 0 Å². The van der Waals surface area contributed by atoms with Crippen LogP contribution in [0.1, 0.15) is 24.0 Å². The fourth-order valence-corrected chi connectivity index (χ4v) is 5.17. The highest BCUT2D eigenvalue weighted by molar-refractivity contribution is 9.10. The molecule has 6 nitrogen and oxygen atoms in total. The van der Waals surface area contributed by atoms with E-state index in [-0.39, 0.29) is 18.3 Å². The second-order valence-corrected chi connectivity index (χ2v) is 10.4. The molecule has 0 radical (unpaired) electrons. The van der Waals surface area contributed by atoms with E-state index in [0.717, 1.165) is 15.6 Å². The summed E-state index contributed by atoms with van der Waals surface area (Å²) in [6, 6.07) is 11.5. The number of halogens is 2. The van der Waals surface area contributed by atoms with Gasteiger partial charge in [0.05, 0.1) is 23.6 Å². The summed E-state index contributed by atoms with van der Waals surface area (Å²) in [6.45, 7) is 0.749. The van der Waals surface area contributed by atoms with Gasteiger partial charge in [0.2, 0.25) is 0 Å². The minimum atomic E-state index is -0.310. The summed E-state index contributed by atoms with van der Waals surface area (Å²) in [5, 5.41) is 0. The van der Waals surface area contributed by atoms with Crippen LogP contribution in [-0.2, 0) is 20.9 Å². The van der Waals surface area contributed by atoms with Crippen LogP contribution >= 0.6 is 55.8 Å². The maximum Gasteiger partial charge on any atom is 0.305 e. The zero-order valence-electron chi connectivity index (χ0n) is 17.9. The lowest BCUT2D eigenvalue weighted by Gasteiger charge is -2.14. The molecule has 0 aromatic heterocycles. The number of hydrogen-bond donors (Lipinski definition) is 0. The molecule has 0 spiro atoms. The Morgan fingerprint density at radius 2 is 1.91 bits per heavy atom. The topological polar surface area (TPSA) is 65.1 Å². The van der Waals surface area contributed by atoms with E-state index in [1.165, 1.54) is 23.8 Å². The van der Waals surface area contributed by atoms with Crippen LogP contribution in [0, 0.1) is 0 Å². The van der Waals surface area contributed by atoms with Gasteiger partial charge in [-0.2, -0.15) is 0 Å². The second kappa shape index (κ2) is 12.0. The molecule has 10 heteroatoms. The summed E-state index contributed by atoms with van der Waals surface area (Å²) >= 11 is 13.6. The molecule has 0 saturated carbocycles. The lowest BCUT2D eigenvalue weighted by Crippen LogP contribution is -2.29. The zero-order valence-corrected chi connectivity index (χ0v) is 22.7. The first kappa shape index (κ1) is 25.7. The van der Waals surface area contributed by atoms with Gasteiger partial charge >= 0.3 is 5.97 Å². The number of nitrogens with zero attached hydrogens (tertiary/aromatic N) is 1. The molecule has 0 bridgehead atoms. The minimum Gasteiger partial charge on any atom is -0.493 e. The molecule has 0 aliphatic carbocycles. The number of amides is 1. The molecule has 0 atom stereocenters. The van der Waals surface area contributed by atoms with Crippen LogP contribution in [0.2, 0.25) is 0 Å². The summed E-state index contributed by atoms with van der Waals surface area (Å²) < 4.78 is 18.3. The number of hydrogen-bond acceptors (Lipinski definition) is 7. The largest absolute Gasteiger partial charge is 0.493 e. The first-order valence-corrected chi connectivity index (χ1v) is 12.7. The number of esters is 1. The third-order valence-electron chi connectivity index (χ3n) is 4.71. The number of methoxy groups -OCH3 is 2. The van der Waals surface area contributed by atoms with Crippen molar-refractivity contribution in [2.75, 3.05) is 20.8 Å². The van der Waals surface area contributed by atoms with Gasteiger partial charge in [0.15, 0.2) is 11.5 Å². The molecule has 2 aromatic carbocycles. The van der Waals surface area contributed by atoms with Crippen molar-refractivity contribution < 1.29 is 23.8 Å². The van der Waals surface area contributed by atoms with Crippen molar-refractivity contribution in [3.05, 3.63) is 61.4 Å². The first-order chi connectivity index (χ1) is 15.8. The fourth-order valence-electron chi connectivity index (χ4n) is 3.03. The average molecular weight is 615 g/mol. The van der Waals surface area contributed by atoms with Crippen molar-refractivity contribution in [1.82, 2.24) is 4.90 Å². The normalized spacial score (nSPS) is 14.7. The van der Waals surface area contributed by atoms with E-state index in [9.17, 15) is 9.59 Å². The van der Waals surface area contributed by atoms with E-state index in [1.807, 2.05) is 36.4 Å². The molecule has 1 heterocycles. The first-order valence-electron chi connectivity index (χ1n) is 9.89. The van der Waals surface area contributed by atoms with Gasteiger partial charge in [-0.1, -0.05) is 52.0 Å². The maximum atomic E-state index is 12.8. The molecule has 2 aromatic rings. The van der Waals surface area contributed by atoms with Crippen LogP contribution in [0.3, 0.4) is 0 Å². The van der Waals surface area contributed by atoms with E-state index >= 15 is 0 Å². The molecular formula is C23H21Br2NO5S2. The molecule has 1 amide bonds.